The van der Waals surface area contributed by atoms with Crippen molar-refractivity contribution in [1.29, 1.82) is 0 Å². The molecule has 6 nitrogen and oxygen atoms in total. The van der Waals surface area contributed by atoms with Crippen LogP contribution in [0.2, 0.25) is 0 Å². The Bertz CT molecular complexity index is 627. The summed E-state index contributed by atoms with van der Waals surface area (Å²) in [6.45, 7) is 2.81. The summed E-state index contributed by atoms with van der Waals surface area (Å²) < 4.78 is 27.2. The minimum absolute atomic E-state index is 0.0124. The van der Waals surface area contributed by atoms with Crippen LogP contribution in [0.5, 0.6) is 0 Å². The first-order valence-electron chi connectivity index (χ1n) is 7.29. The molecule has 0 saturated carbocycles. The van der Waals surface area contributed by atoms with E-state index in [0.717, 1.165) is 17.7 Å². The van der Waals surface area contributed by atoms with Crippen LogP contribution in [0.25, 0.3) is 0 Å². The van der Waals surface area contributed by atoms with Gasteiger partial charge in [0.2, 0.25) is 0 Å². The smallest absolute Gasteiger partial charge is 0.317 e. The number of hydrogen-bond donors (Lipinski definition) is 1. The van der Waals surface area contributed by atoms with E-state index >= 15 is 0 Å². The van der Waals surface area contributed by atoms with E-state index in [0.29, 0.717) is 23.7 Å². The predicted octanol–water partition coefficient (Wildman–Crippen LogP) is 1.62. The average molecular weight is 346 g/mol. The first-order chi connectivity index (χ1) is 10.3. The minimum atomic E-state index is -3.42. The molecule has 1 aliphatic rings. The number of aryl methyl sites for hydroxylation is 1. The summed E-state index contributed by atoms with van der Waals surface area (Å²) >= 11 is 1.29. The lowest BCUT2D eigenvalue weighted by Crippen LogP contribution is -2.37. The molecule has 1 aromatic rings. The molecule has 0 amide bonds. The fraction of sp³-hybridized carbons (Fsp3) is 0.643. The first-order valence-corrected chi connectivity index (χ1v) is 9.55. The molecule has 0 radical (unpaired) electrons. The van der Waals surface area contributed by atoms with E-state index in [1.165, 1.54) is 15.6 Å². The third-order valence-corrected chi connectivity index (χ3v) is 7.34. The van der Waals surface area contributed by atoms with Gasteiger partial charge in [0.25, 0.3) is 10.0 Å². The molecular weight excluding hydrogens is 324 g/mol. The Labute approximate surface area is 135 Å². The van der Waals surface area contributed by atoms with Gasteiger partial charge in [0.1, 0.15) is 4.21 Å². The van der Waals surface area contributed by atoms with Crippen molar-refractivity contribution >= 4 is 27.3 Å². The number of hydrogen-bond acceptors (Lipinski definition) is 5. The van der Waals surface area contributed by atoms with Crippen molar-refractivity contribution in [1.82, 2.24) is 9.21 Å². The first kappa shape index (κ1) is 17.4. The second kappa shape index (κ2) is 7.08. The van der Waals surface area contributed by atoms with Crippen LogP contribution in [-0.4, -0.2) is 61.4 Å². The van der Waals surface area contributed by atoms with Gasteiger partial charge in [-0.2, -0.15) is 4.31 Å². The second-order valence-corrected chi connectivity index (χ2v) is 9.12. The number of likely N-dealkylation sites (N-methyl/N-ethyl adjacent to an activating group) is 1. The van der Waals surface area contributed by atoms with Gasteiger partial charge in [-0.15, -0.1) is 11.3 Å². The van der Waals surface area contributed by atoms with Crippen LogP contribution in [0.1, 0.15) is 24.1 Å². The Balaban J connectivity index is 2.05. The molecule has 1 unspecified atom stereocenters. The molecule has 1 aliphatic heterocycles. The largest absolute Gasteiger partial charge is 0.480 e. The molecule has 0 spiro atoms. The van der Waals surface area contributed by atoms with Crippen molar-refractivity contribution in [3.05, 3.63) is 17.0 Å². The van der Waals surface area contributed by atoms with Gasteiger partial charge >= 0.3 is 5.97 Å². The maximum Gasteiger partial charge on any atom is 0.317 e. The van der Waals surface area contributed by atoms with Crippen molar-refractivity contribution in [2.75, 3.05) is 26.7 Å². The highest BCUT2D eigenvalue weighted by Crippen LogP contribution is 2.27. The van der Waals surface area contributed by atoms with Gasteiger partial charge in [0.15, 0.2) is 0 Å². The predicted molar refractivity (Wildman–Crippen MR) is 85.7 cm³/mol. The minimum Gasteiger partial charge on any atom is -0.480 e. The van der Waals surface area contributed by atoms with E-state index in [1.54, 1.807) is 18.0 Å². The molecule has 22 heavy (non-hydrogen) atoms. The Morgan fingerprint density at radius 3 is 2.73 bits per heavy atom. The summed E-state index contributed by atoms with van der Waals surface area (Å²) in [6, 6.07) is 3.59. The van der Waals surface area contributed by atoms with E-state index in [4.69, 9.17) is 5.11 Å². The SMILES string of the molecule is Cc1ccc(S(=O)(=O)N2CCCC(N(C)CC(=O)O)CC2)s1. The van der Waals surface area contributed by atoms with Crippen LogP contribution in [-0.2, 0) is 14.8 Å². The third-order valence-electron chi connectivity index (χ3n) is 3.97. The number of rotatable bonds is 5. The van der Waals surface area contributed by atoms with Crippen LogP contribution in [0, 0.1) is 6.92 Å². The number of nitrogens with zero attached hydrogens (tertiary/aromatic N) is 2. The Kier molecular flexibility index (Phi) is 5.60. The van der Waals surface area contributed by atoms with Crippen LogP contribution < -0.4 is 0 Å². The van der Waals surface area contributed by atoms with Crippen molar-refractivity contribution in [3.8, 4) is 0 Å². The van der Waals surface area contributed by atoms with Crippen LogP contribution >= 0.6 is 11.3 Å². The monoisotopic (exact) mass is 346 g/mol. The van der Waals surface area contributed by atoms with Gasteiger partial charge in [-0.25, -0.2) is 8.42 Å². The Morgan fingerprint density at radius 1 is 1.41 bits per heavy atom. The van der Waals surface area contributed by atoms with Gasteiger partial charge in [-0.3, -0.25) is 9.69 Å². The summed E-state index contributed by atoms with van der Waals surface area (Å²) in [4.78, 5) is 13.6. The molecule has 1 atom stereocenters. The second-order valence-electron chi connectivity index (χ2n) is 5.66. The standard InChI is InChI=1S/C14H22N2O4S2/c1-11-5-6-14(21-11)22(19,20)16-8-3-4-12(7-9-16)15(2)10-13(17)18/h5-6,12H,3-4,7-10H2,1-2H3,(H,17,18). The van der Waals surface area contributed by atoms with Crippen molar-refractivity contribution in [2.24, 2.45) is 0 Å². The highest BCUT2D eigenvalue weighted by Gasteiger charge is 2.29. The van der Waals surface area contributed by atoms with Crippen molar-refractivity contribution in [2.45, 2.75) is 36.4 Å². The number of sulfonamides is 1. The fourth-order valence-corrected chi connectivity index (χ4v) is 5.69. The van der Waals surface area contributed by atoms with Crippen molar-refractivity contribution in [3.63, 3.8) is 0 Å². The van der Waals surface area contributed by atoms with E-state index in [1.807, 2.05) is 13.0 Å². The lowest BCUT2D eigenvalue weighted by atomic mass is 10.1. The molecule has 1 saturated heterocycles. The third kappa shape index (κ3) is 4.07. The normalized spacial score (nSPS) is 21.0. The van der Waals surface area contributed by atoms with E-state index in [2.05, 4.69) is 0 Å². The van der Waals surface area contributed by atoms with E-state index in [9.17, 15) is 13.2 Å². The van der Waals surface area contributed by atoms with E-state index < -0.39 is 16.0 Å². The number of carboxylic acids is 1. The molecule has 0 bridgehead atoms. The van der Waals surface area contributed by atoms with Gasteiger partial charge in [-0.05, 0) is 45.4 Å². The Hall–Kier alpha value is -0.960. The maximum absolute atomic E-state index is 12.6. The van der Waals surface area contributed by atoms with E-state index in [-0.39, 0.29) is 12.6 Å². The van der Waals surface area contributed by atoms with Gasteiger partial charge in [0.05, 0.1) is 6.54 Å². The lowest BCUT2D eigenvalue weighted by Gasteiger charge is -2.25. The van der Waals surface area contributed by atoms with Gasteiger partial charge in [-0.1, -0.05) is 0 Å². The maximum atomic E-state index is 12.6. The van der Waals surface area contributed by atoms with Gasteiger partial charge in [0, 0.05) is 24.0 Å². The van der Waals surface area contributed by atoms with Crippen LogP contribution in [0.15, 0.2) is 16.3 Å². The summed E-state index contributed by atoms with van der Waals surface area (Å²) in [5, 5.41) is 8.87. The molecule has 124 valence electrons. The highest BCUT2D eigenvalue weighted by atomic mass is 32.2. The number of carbonyl (C=O) groups is 1. The average Bonchev–Trinajstić information content (AvgIpc) is 2.73. The fourth-order valence-electron chi connectivity index (χ4n) is 2.75. The molecular formula is C14H22N2O4S2. The van der Waals surface area contributed by atoms with Crippen LogP contribution in [0.3, 0.4) is 0 Å². The Morgan fingerprint density at radius 2 is 2.14 bits per heavy atom. The molecule has 0 aliphatic carbocycles. The lowest BCUT2D eigenvalue weighted by molar-refractivity contribution is -0.138. The summed E-state index contributed by atoms with van der Waals surface area (Å²) in [5.74, 6) is -0.856. The zero-order chi connectivity index (χ0) is 16.3. The quantitative estimate of drug-likeness (QED) is 0.876. The molecule has 8 heteroatoms. The number of aliphatic carboxylic acids is 1. The molecule has 2 rings (SSSR count). The number of thiophene rings is 1. The van der Waals surface area contributed by atoms with Crippen LogP contribution in [0.4, 0.5) is 0 Å². The topological polar surface area (TPSA) is 77.9 Å². The molecule has 1 fully saturated rings. The molecule has 1 aromatic heterocycles. The summed E-state index contributed by atoms with van der Waals surface area (Å²) in [7, 11) is -1.64. The number of carboxylic acid groups (broad SMARTS) is 1. The molecule has 2 heterocycles. The summed E-state index contributed by atoms with van der Waals surface area (Å²) in [5.41, 5.74) is 0. The van der Waals surface area contributed by atoms with Gasteiger partial charge < -0.3 is 5.11 Å². The highest BCUT2D eigenvalue weighted by molar-refractivity contribution is 7.91. The molecule has 1 N–H and O–H groups in total. The summed E-state index contributed by atoms with van der Waals surface area (Å²) in [6.07, 6.45) is 2.23. The van der Waals surface area contributed by atoms with Crippen molar-refractivity contribution < 1.29 is 18.3 Å². The molecule has 0 aromatic carbocycles. The zero-order valence-corrected chi connectivity index (χ0v) is 14.5. The zero-order valence-electron chi connectivity index (χ0n) is 12.9.